The molecule has 1 aliphatic rings. The summed E-state index contributed by atoms with van der Waals surface area (Å²) >= 11 is 9.61. The number of benzene rings is 3. The fraction of sp³-hybridized carbons (Fsp3) is 0.0455. The average molecular weight is 566 g/mol. The van der Waals surface area contributed by atoms with Gasteiger partial charge in [-0.05, 0) is 0 Å². The average Bonchev–Trinajstić information content (AvgIpc) is 3.04. The van der Waals surface area contributed by atoms with Crippen molar-refractivity contribution in [2.45, 2.75) is 4.90 Å². The van der Waals surface area contributed by atoms with Gasteiger partial charge in [-0.15, -0.1) is 0 Å². The molecular formula is C22H17Br2NSSe. The molecule has 0 saturated heterocycles. The maximum absolute atomic E-state index is 4.99. The number of halogens is 2. The Morgan fingerprint density at radius 2 is 1.26 bits per heavy atom. The fourth-order valence-electron chi connectivity index (χ4n) is 2.94. The van der Waals surface area contributed by atoms with Crippen LogP contribution in [0.5, 0.6) is 0 Å². The Balaban J connectivity index is 1.64. The van der Waals surface area contributed by atoms with Crippen molar-refractivity contribution < 1.29 is 0 Å². The van der Waals surface area contributed by atoms with Crippen LogP contribution in [0.25, 0.3) is 16.8 Å². The van der Waals surface area contributed by atoms with Crippen LogP contribution in [0.2, 0.25) is 0 Å². The van der Waals surface area contributed by atoms with E-state index in [1.807, 2.05) is 6.07 Å². The zero-order valence-corrected chi connectivity index (χ0v) is 20.3. The second-order valence-corrected chi connectivity index (χ2v) is 25.5. The van der Waals surface area contributed by atoms with Crippen LogP contribution in [0, 0.1) is 0 Å². The second-order valence-electron chi connectivity index (χ2n) is 6.10. The topological polar surface area (TPSA) is 12.4 Å². The Kier molecular flexibility index (Phi) is 5.77. The summed E-state index contributed by atoms with van der Waals surface area (Å²) in [6.07, 6.45) is 2.09. The molecule has 0 saturated carbocycles. The molecule has 0 spiro atoms. The minimum absolute atomic E-state index is 1.03. The molecule has 0 bridgehead atoms. The van der Waals surface area contributed by atoms with Gasteiger partial charge in [-0.25, -0.2) is 0 Å². The molecule has 0 radical (unpaired) electrons. The molecule has 136 valence electrons. The quantitative estimate of drug-likeness (QED) is 0.240. The Bertz CT molecular complexity index is 1010. The van der Waals surface area contributed by atoms with E-state index in [0.717, 1.165) is 15.9 Å². The molecule has 0 unspecified atom stereocenters. The van der Waals surface area contributed by atoms with E-state index < -0.39 is 9.23 Å². The van der Waals surface area contributed by atoms with Crippen molar-refractivity contribution in [3.8, 4) is 11.1 Å². The van der Waals surface area contributed by atoms with Crippen LogP contribution in [0.15, 0.2) is 93.7 Å². The van der Waals surface area contributed by atoms with Crippen LogP contribution < -0.4 is 0 Å². The van der Waals surface area contributed by atoms with Gasteiger partial charge in [0, 0.05) is 0 Å². The zero-order chi connectivity index (χ0) is 18.9. The standard InChI is InChI=1S/C22H17Br2NSSe/c1-26-20-13-11-19(12-14-20)22-25-21(15-27(22,23)24)18-9-7-17(8-10-18)16-5-3-2-4-6-16/h2-15H,1H3. The maximum atomic E-state index is 4.99. The van der Waals surface area contributed by atoms with Crippen LogP contribution in [-0.2, 0) is 0 Å². The zero-order valence-electron chi connectivity index (χ0n) is 14.6. The molecule has 0 atom stereocenters. The van der Waals surface area contributed by atoms with Gasteiger partial charge in [-0.2, -0.15) is 0 Å². The normalized spacial score (nSPS) is 16.6. The van der Waals surface area contributed by atoms with Gasteiger partial charge in [0.15, 0.2) is 0 Å². The molecule has 27 heavy (non-hydrogen) atoms. The van der Waals surface area contributed by atoms with Crippen molar-refractivity contribution in [3.05, 3.63) is 95.0 Å². The third kappa shape index (κ3) is 4.18. The number of hydrogen-bond acceptors (Lipinski definition) is 2. The van der Waals surface area contributed by atoms with Crippen LogP contribution in [0.4, 0.5) is 0 Å². The summed E-state index contributed by atoms with van der Waals surface area (Å²) in [6, 6.07) is 27.7. The van der Waals surface area contributed by atoms with Gasteiger partial charge in [0.25, 0.3) is 0 Å². The summed E-state index contributed by atoms with van der Waals surface area (Å²) in [5, 5.41) is 0. The third-order valence-corrected chi connectivity index (χ3v) is 13.1. The summed E-state index contributed by atoms with van der Waals surface area (Å²) in [5.41, 5.74) is 5.80. The van der Waals surface area contributed by atoms with E-state index in [2.05, 4.69) is 112 Å². The van der Waals surface area contributed by atoms with E-state index in [4.69, 9.17) is 4.99 Å². The van der Waals surface area contributed by atoms with Crippen LogP contribution in [0.3, 0.4) is 0 Å². The predicted molar refractivity (Wildman–Crippen MR) is 128 cm³/mol. The molecule has 1 heterocycles. The molecule has 4 rings (SSSR count). The van der Waals surface area contributed by atoms with Gasteiger partial charge >= 0.3 is 182 Å². The summed E-state index contributed by atoms with van der Waals surface area (Å²) in [6.45, 7) is 0. The second kappa shape index (κ2) is 8.10. The van der Waals surface area contributed by atoms with Crippen LogP contribution >= 0.6 is 40.0 Å². The Hall–Kier alpha value is -1.10. The van der Waals surface area contributed by atoms with Crippen LogP contribution in [0.1, 0.15) is 11.1 Å². The monoisotopic (exact) mass is 565 g/mol. The molecule has 1 nitrogen and oxygen atoms in total. The Morgan fingerprint density at radius 1 is 0.704 bits per heavy atom. The minimum atomic E-state index is -2.26. The Morgan fingerprint density at radius 3 is 1.89 bits per heavy atom. The van der Waals surface area contributed by atoms with Crippen molar-refractivity contribution in [2.24, 2.45) is 4.99 Å². The van der Waals surface area contributed by atoms with E-state index in [-0.39, 0.29) is 0 Å². The first-order valence-electron chi connectivity index (χ1n) is 8.40. The number of rotatable bonds is 4. The van der Waals surface area contributed by atoms with E-state index in [0.29, 0.717) is 0 Å². The molecular weight excluding hydrogens is 549 g/mol. The summed E-state index contributed by atoms with van der Waals surface area (Å²) in [5.74, 6) is 0. The van der Waals surface area contributed by atoms with Crippen molar-refractivity contribution in [1.29, 1.82) is 0 Å². The molecule has 0 fully saturated rings. The molecule has 0 amide bonds. The third-order valence-electron chi connectivity index (χ3n) is 4.36. The van der Waals surface area contributed by atoms with E-state index in [1.54, 1.807) is 11.8 Å². The first-order valence-corrected chi connectivity index (χ1v) is 19.5. The van der Waals surface area contributed by atoms with Gasteiger partial charge in [0.1, 0.15) is 0 Å². The van der Waals surface area contributed by atoms with Gasteiger partial charge in [0.05, 0.1) is 0 Å². The number of nitrogens with zero attached hydrogens (tertiary/aromatic N) is 1. The van der Waals surface area contributed by atoms with Gasteiger partial charge in [-0.1, -0.05) is 0 Å². The molecule has 5 heteroatoms. The Labute approximate surface area is 180 Å². The molecule has 0 aliphatic carbocycles. The van der Waals surface area contributed by atoms with E-state index in [9.17, 15) is 0 Å². The molecule has 1 aliphatic heterocycles. The van der Waals surface area contributed by atoms with Crippen LogP contribution in [-0.4, -0.2) is 20.1 Å². The number of aliphatic imine (C=N–C) groups is 1. The summed E-state index contributed by atoms with van der Waals surface area (Å²) in [4.78, 5) is 8.52. The predicted octanol–water partition coefficient (Wildman–Crippen LogP) is 7.23. The van der Waals surface area contributed by atoms with Crippen molar-refractivity contribution >= 4 is 59.5 Å². The summed E-state index contributed by atoms with van der Waals surface area (Å²) < 4.78 is 1.13. The number of thioether (sulfide) groups is 1. The van der Waals surface area contributed by atoms with E-state index in [1.165, 1.54) is 21.6 Å². The van der Waals surface area contributed by atoms with Gasteiger partial charge in [-0.3, -0.25) is 0 Å². The van der Waals surface area contributed by atoms with Crippen molar-refractivity contribution in [1.82, 2.24) is 0 Å². The number of hydrogen-bond donors (Lipinski definition) is 0. The SMILES string of the molecule is CSc1ccc(C2=NC(c3ccc(-c4ccccc4)cc3)=C[Se]2(Br)Br)cc1. The molecule has 3 aromatic rings. The van der Waals surface area contributed by atoms with Gasteiger partial charge < -0.3 is 0 Å². The molecule has 3 aromatic carbocycles. The first-order chi connectivity index (χ1) is 13.1. The summed E-state index contributed by atoms with van der Waals surface area (Å²) in [7, 11) is -2.26. The molecule has 0 N–H and O–H groups in total. The van der Waals surface area contributed by atoms with Crippen molar-refractivity contribution in [3.63, 3.8) is 0 Å². The van der Waals surface area contributed by atoms with Crippen molar-refractivity contribution in [2.75, 3.05) is 6.26 Å². The van der Waals surface area contributed by atoms with E-state index >= 15 is 0 Å². The van der Waals surface area contributed by atoms with Gasteiger partial charge in [0.2, 0.25) is 0 Å². The molecule has 0 aromatic heterocycles. The first kappa shape index (κ1) is 19.2. The fourth-order valence-corrected chi connectivity index (χ4v) is 10.5.